The maximum absolute atomic E-state index is 13.6. The lowest BCUT2D eigenvalue weighted by Gasteiger charge is -2.08. The van der Waals surface area contributed by atoms with Crippen LogP contribution in [0.1, 0.15) is 15.9 Å². The molecule has 0 heterocycles. The summed E-state index contributed by atoms with van der Waals surface area (Å²) in [6.45, 7) is 1.63. The first-order valence-electron chi connectivity index (χ1n) is 5.60. The van der Waals surface area contributed by atoms with Gasteiger partial charge in [-0.2, -0.15) is 0 Å². The molecule has 1 N–H and O–H groups in total. The van der Waals surface area contributed by atoms with Crippen molar-refractivity contribution in [2.45, 2.75) is 6.92 Å². The first-order valence-corrected chi connectivity index (χ1v) is 5.60. The fraction of sp³-hybridized carbons (Fsp3) is 0.0714. The van der Waals surface area contributed by atoms with Crippen molar-refractivity contribution in [2.24, 2.45) is 0 Å². The molecule has 0 spiro atoms. The van der Waals surface area contributed by atoms with Crippen LogP contribution in [-0.4, -0.2) is 5.91 Å². The number of benzene rings is 2. The summed E-state index contributed by atoms with van der Waals surface area (Å²) < 4.78 is 53.0. The van der Waals surface area contributed by atoms with Crippen molar-refractivity contribution in [1.82, 2.24) is 0 Å². The third-order valence-electron chi connectivity index (χ3n) is 2.61. The lowest BCUT2D eigenvalue weighted by atomic mass is 10.1. The molecule has 0 unspecified atom stereocenters. The number of anilines is 1. The van der Waals surface area contributed by atoms with Gasteiger partial charge in [-0.25, -0.2) is 17.6 Å². The maximum Gasteiger partial charge on any atom is 0.258 e. The van der Waals surface area contributed by atoms with Gasteiger partial charge in [-0.15, -0.1) is 0 Å². The van der Waals surface area contributed by atoms with Crippen molar-refractivity contribution in [3.8, 4) is 0 Å². The van der Waals surface area contributed by atoms with E-state index in [1.165, 1.54) is 12.1 Å². The van der Waals surface area contributed by atoms with Crippen molar-refractivity contribution in [3.63, 3.8) is 0 Å². The Morgan fingerprint density at radius 3 is 2.10 bits per heavy atom. The summed E-state index contributed by atoms with van der Waals surface area (Å²) in [5.41, 5.74) is -0.590. The van der Waals surface area contributed by atoms with Gasteiger partial charge in [0.05, 0.1) is 5.56 Å². The van der Waals surface area contributed by atoms with E-state index in [9.17, 15) is 22.4 Å². The summed E-state index contributed by atoms with van der Waals surface area (Å²) in [7, 11) is 0. The zero-order valence-electron chi connectivity index (χ0n) is 10.3. The van der Waals surface area contributed by atoms with Crippen LogP contribution >= 0.6 is 0 Å². The van der Waals surface area contributed by atoms with Crippen molar-refractivity contribution in [1.29, 1.82) is 0 Å². The zero-order chi connectivity index (χ0) is 14.9. The van der Waals surface area contributed by atoms with E-state index in [0.29, 0.717) is 17.7 Å². The van der Waals surface area contributed by atoms with Crippen LogP contribution in [0.4, 0.5) is 23.2 Å². The third-order valence-corrected chi connectivity index (χ3v) is 2.61. The fourth-order valence-electron chi connectivity index (χ4n) is 1.65. The van der Waals surface area contributed by atoms with Crippen LogP contribution < -0.4 is 5.32 Å². The quantitative estimate of drug-likeness (QED) is 0.834. The van der Waals surface area contributed by atoms with E-state index in [2.05, 4.69) is 0 Å². The van der Waals surface area contributed by atoms with Crippen LogP contribution in [0.5, 0.6) is 0 Å². The smallest absolute Gasteiger partial charge is 0.258 e. The van der Waals surface area contributed by atoms with Gasteiger partial charge in [0.25, 0.3) is 5.91 Å². The normalized spacial score (nSPS) is 10.4. The SMILES string of the molecule is Cc1ccc(C(=O)Nc2c(F)cc(F)cc2F)c(F)c1. The molecule has 2 aromatic carbocycles. The Balaban J connectivity index is 2.33. The number of aryl methyl sites for hydroxylation is 1. The van der Waals surface area contributed by atoms with Crippen LogP contribution in [0.15, 0.2) is 30.3 Å². The molecule has 0 fully saturated rings. The molecule has 0 aromatic heterocycles. The van der Waals surface area contributed by atoms with E-state index < -0.39 is 34.9 Å². The average Bonchev–Trinajstić information content (AvgIpc) is 2.33. The summed E-state index contributed by atoms with van der Waals surface area (Å²) in [4.78, 5) is 11.8. The van der Waals surface area contributed by atoms with E-state index >= 15 is 0 Å². The molecule has 104 valence electrons. The van der Waals surface area contributed by atoms with Crippen molar-refractivity contribution < 1.29 is 22.4 Å². The van der Waals surface area contributed by atoms with Gasteiger partial charge in [-0.3, -0.25) is 4.79 Å². The van der Waals surface area contributed by atoms with Crippen molar-refractivity contribution in [2.75, 3.05) is 5.32 Å². The first-order chi connectivity index (χ1) is 9.38. The van der Waals surface area contributed by atoms with E-state index in [1.807, 2.05) is 5.32 Å². The van der Waals surface area contributed by atoms with Gasteiger partial charge in [-0.05, 0) is 24.6 Å². The molecular formula is C14H9F4NO. The minimum Gasteiger partial charge on any atom is -0.317 e. The Morgan fingerprint density at radius 2 is 1.55 bits per heavy atom. The summed E-state index contributed by atoms with van der Waals surface area (Å²) >= 11 is 0. The Kier molecular flexibility index (Phi) is 3.74. The minimum atomic E-state index is -1.27. The number of nitrogens with one attached hydrogen (secondary N) is 1. The molecule has 0 atom stereocenters. The van der Waals surface area contributed by atoms with E-state index in [0.717, 1.165) is 6.07 Å². The molecule has 6 heteroatoms. The van der Waals surface area contributed by atoms with E-state index in [1.54, 1.807) is 6.92 Å². The van der Waals surface area contributed by atoms with Crippen LogP contribution in [0.3, 0.4) is 0 Å². The highest BCUT2D eigenvalue weighted by atomic mass is 19.1. The molecule has 0 radical (unpaired) electrons. The summed E-state index contributed by atoms with van der Waals surface area (Å²) in [5, 5.41) is 1.89. The van der Waals surface area contributed by atoms with Crippen molar-refractivity contribution >= 4 is 11.6 Å². The van der Waals surface area contributed by atoms with Crippen molar-refractivity contribution in [3.05, 3.63) is 64.7 Å². The van der Waals surface area contributed by atoms with Crippen LogP contribution in [0.2, 0.25) is 0 Å². The number of carbonyl (C=O) groups excluding carboxylic acids is 1. The van der Waals surface area contributed by atoms with Crippen LogP contribution in [0.25, 0.3) is 0 Å². The largest absolute Gasteiger partial charge is 0.317 e. The topological polar surface area (TPSA) is 29.1 Å². The first kappa shape index (κ1) is 14.0. The lowest BCUT2D eigenvalue weighted by molar-refractivity contribution is 0.102. The second-order valence-electron chi connectivity index (χ2n) is 4.18. The third kappa shape index (κ3) is 2.79. The fourth-order valence-corrected chi connectivity index (χ4v) is 1.65. The Labute approximate surface area is 112 Å². The van der Waals surface area contributed by atoms with Gasteiger partial charge in [0.15, 0.2) is 11.6 Å². The van der Waals surface area contributed by atoms with Gasteiger partial charge >= 0.3 is 0 Å². The number of rotatable bonds is 2. The molecule has 1 amide bonds. The molecule has 0 aliphatic carbocycles. The second-order valence-corrected chi connectivity index (χ2v) is 4.18. The minimum absolute atomic E-state index is 0.362. The number of halogens is 4. The predicted octanol–water partition coefficient (Wildman–Crippen LogP) is 3.80. The lowest BCUT2D eigenvalue weighted by Crippen LogP contribution is -2.16. The van der Waals surface area contributed by atoms with E-state index in [4.69, 9.17) is 0 Å². The number of hydrogen-bond donors (Lipinski definition) is 1. The highest BCUT2D eigenvalue weighted by molar-refractivity contribution is 6.04. The van der Waals surface area contributed by atoms with Gasteiger partial charge < -0.3 is 5.32 Å². The van der Waals surface area contributed by atoms with Crippen LogP contribution in [-0.2, 0) is 0 Å². The summed E-state index contributed by atoms with van der Waals surface area (Å²) in [6.07, 6.45) is 0. The number of amides is 1. The highest BCUT2D eigenvalue weighted by Gasteiger charge is 2.17. The summed E-state index contributed by atoms with van der Waals surface area (Å²) in [5.74, 6) is -5.50. The second kappa shape index (κ2) is 5.32. The zero-order valence-corrected chi connectivity index (χ0v) is 10.3. The average molecular weight is 283 g/mol. The monoisotopic (exact) mass is 283 g/mol. The molecule has 0 bridgehead atoms. The molecule has 2 aromatic rings. The standard InChI is InChI=1S/C14H9F4NO/c1-7-2-3-9(10(16)4-7)14(20)19-13-11(17)5-8(15)6-12(13)18/h2-6H,1H3,(H,19,20). The van der Waals surface area contributed by atoms with Gasteiger partial charge in [0.1, 0.15) is 17.3 Å². The predicted molar refractivity (Wildman–Crippen MR) is 65.4 cm³/mol. The molecule has 0 aliphatic rings. The van der Waals surface area contributed by atoms with Crippen LogP contribution in [0, 0.1) is 30.2 Å². The Morgan fingerprint density at radius 1 is 0.950 bits per heavy atom. The molecule has 2 rings (SSSR count). The molecule has 0 saturated heterocycles. The van der Waals surface area contributed by atoms with Gasteiger partial charge in [0, 0.05) is 12.1 Å². The van der Waals surface area contributed by atoms with Gasteiger partial charge in [0.2, 0.25) is 0 Å². The molecule has 0 aliphatic heterocycles. The highest BCUT2D eigenvalue weighted by Crippen LogP contribution is 2.21. The van der Waals surface area contributed by atoms with Gasteiger partial charge in [-0.1, -0.05) is 6.07 Å². The Hall–Kier alpha value is -2.37. The maximum atomic E-state index is 13.6. The number of hydrogen-bond acceptors (Lipinski definition) is 1. The Bertz CT molecular complexity index is 662. The summed E-state index contributed by atoms with van der Waals surface area (Å²) in [6, 6.07) is 4.63. The van der Waals surface area contributed by atoms with E-state index in [-0.39, 0.29) is 5.56 Å². The molecule has 2 nitrogen and oxygen atoms in total. The molecule has 20 heavy (non-hydrogen) atoms. The molecular weight excluding hydrogens is 274 g/mol. The molecule has 0 saturated carbocycles. The number of carbonyl (C=O) groups is 1.